The first-order chi connectivity index (χ1) is 11.2. The molecule has 1 saturated heterocycles. The van der Waals surface area contributed by atoms with Crippen LogP contribution >= 0.6 is 11.3 Å². The second kappa shape index (κ2) is 7.65. The lowest BCUT2D eigenvalue weighted by molar-refractivity contribution is 0.0930. The number of piperidine rings is 1. The van der Waals surface area contributed by atoms with Gasteiger partial charge in [0, 0.05) is 18.3 Å². The largest absolute Gasteiger partial charge is 0.350 e. The summed E-state index contributed by atoms with van der Waals surface area (Å²) >= 11 is 1.44. The number of aromatic nitrogens is 3. The van der Waals surface area contributed by atoms with Crippen LogP contribution in [0.4, 0.5) is 0 Å². The number of thiazole rings is 1. The fraction of sp³-hybridized carbons (Fsp3) is 0.600. The lowest BCUT2D eigenvalue weighted by Crippen LogP contribution is -2.38. The molecule has 3 rings (SSSR count). The topological polar surface area (TPSA) is 84.2 Å². The summed E-state index contributed by atoms with van der Waals surface area (Å²) in [5.41, 5.74) is 2.19. The average molecular weight is 335 g/mol. The molecule has 23 heavy (non-hydrogen) atoms. The minimum Gasteiger partial charge on any atom is -0.350 e. The smallest absolute Gasteiger partial charge is 0.270 e. The van der Waals surface area contributed by atoms with Crippen molar-refractivity contribution in [1.29, 1.82) is 0 Å². The van der Waals surface area contributed by atoms with E-state index in [-0.39, 0.29) is 5.91 Å². The molecule has 1 fully saturated rings. The van der Waals surface area contributed by atoms with Crippen molar-refractivity contribution in [3.63, 3.8) is 0 Å². The van der Waals surface area contributed by atoms with Crippen molar-refractivity contribution in [2.75, 3.05) is 19.6 Å². The molecule has 1 N–H and O–H groups in total. The second-order valence-corrected chi connectivity index (χ2v) is 6.48. The molecule has 0 aliphatic carbocycles. The van der Waals surface area contributed by atoms with Crippen molar-refractivity contribution in [2.24, 2.45) is 5.92 Å². The Hall–Kier alpha value is -1.80. The number of likely N-dealkylation sites (tertiary alicyclic amines) is 1. The van der Waals surface area contributed by atoms with Gasteiger partial charge in [-0.1, -0.05) is 12.1 Å². The summed E-state index contributed by atoms with van der Waals surface area (Å²) in [4.78, 5) is 22.6. The van der Waals surface area contributed by atoms with Crippen LogP contribution in [0.1, 0.15) is 42.0 Å². The molecule has 2 aromatic rings. The van der Waals surface area contributed by atoms with Gasteiger partial charge in [-0.25, -0.2) is 4.98 Å². The molecule has 1 aliphatic heterocycles. The van der Waals surface area contributed by atoms with Crippen LogP contribution in [0.15, 0.2) is 15.4 Å². The average Bonchev–Trinajstić information content (AvgIpc) is 3.25. The monoisotopic (exact) mass is 335 g/mol. The first-order valence-electron chi connectivity index (χ1n) is 7.94. The highest BCUT2D eigenvalue weighted by Crippen LogP contribution is 2.18. The Morgan fingerprint density at radius 1 is 1.48 bits per heavy atom. The van der Waals surface area contributed by atoms with Crippen molar-refractivity contribution in [3.05, 3.63) is 28.3 Å². The minimum absolute atomic E-state index is 0.0763. The molecule has 1 amide bonds. The lowest BCUT2D eigenvalue weighted by Gasteiger charge is -2.31. The van der Waals surface area contributed by atoms with Gasteiger partial charge in [-0.05, 0) is 31.8 Å². The molecule has 0 atom stereocenters. The first kappa shape index (κ1) is 16.1. The predicted octanol–water partition coefficient (Wildman–Crippen LogP) is 1.73. The molecule has 0 unspecified atom stereocenters. The highest BCUT2D eigenvalue weighted by Gasteiger charge is 2.21. The molecule has 3 heterocycles. The molecular formula is C15H21N5O2S. The van der Waals surface area contributed by atoms with E-state index < -0.39 is 0 Å². The van der Waals surface area contributed by atoms with Crippen LogP contribution in [0.25, 0.3) is 0 Å². The van der Waals surface area contributed by atoms with E-state index in [2.05, 4.69) is 25.3 Å². The summed E-state index contributed by atoms with van der Waals surface area (Å²) in [6.07, 6.45) is 2.90. The number of carbonyl (C=O) groups excluding carboxylic acids is 1. The van der Waals surface area contributed by atoms with Crippen LogP contribution in [0.5, 0.6) is 0 Å². The fourth-order valence-corrected chi connectivity index (χ4v) is 3.23. The Morgan fingerprint density at radius 2 is 2.30 bits per heavy atom. The molecule has 1 aliphatic rings. The van der Waals surface area contributed by atoms with E-state index in [0.717, 1.165) is 44.7 Å². The molecule has 0 spiro atoms. The van der Waals surface area contributed by atoms with Crippen molar-refractivity contribution < 1.29 is 9.32 Å². The van der Waals surface area contributed by atoms with Crippen LogP contribution in [0, 0.1) is 5.92 Å². The Bertz CT molecular complexity index is 620. The number of nitrogens with zero attached hydrogens (tertiary/aromatic N) is 4. The molecular weight excluding hydrogens is 314 g/mol. The summed E-state index contributed by atoms with van der Waals surface area (Å²) < 4.78 is 5.14. The minimum atomic E-state index is -0.0763. The number of rotatable bonds is 6. The Balaban J connectivity index is 1.39. The summed E-state index contributed by atoms with van der Waals surface area (Å²) in [5, 5.41) is 8.75. The van der Waals surface area contributed by atoms with Gasteiger partial charge in [0.15, 0.2) is 5.82 Å². The number of hydrogen-bond acceptors (Lipinski definition) is 7. The van der Waals surface area contributed by atoms with Gasteiger partial charge in [-0.15, -0.1) is 11.3 Å². The third-order valence-electron chi connectivity index (χ3n) is 4.10. The zero-order chi connectivity index (χ0) is 16.1. The summed E-state index contributed by atoms with van der Waals surface area (Å²) in [6.45, 7) is 5.44. The van der Waals surface area contributed by atoms with E-state index in [1.807, 2.05) is 6.92 Å². The summed E-state index contributed by atoms with van der Waals surface area (Å²) in [6, 6.07) is 0. The van der Waals surface area contributed by atoms with E-state index in [1.165, 1.54) is 11.3 Å². The Morgan fingerprint density at radius 3 is 2.96 bits per heavy atom. The van der Waals surface area contributed by atoms with Crippen LogP contribution < -0.4 is 5.32 Å². The van der Waals surface area contributed by atoms with E-state index in [9.17, 15) is 4.79 Å². The van der Waals surface area contributed by atoms with Gasteiger partial charge < -0.3 is 9.84 Å². The zero-order valence-corrected chi connectivity index (χ0v) is 14.0. The third kappa shape index (κ3) is 4.35. The normalized spacial score (nSPS) is 16.6. The molecule has 8 heteroatoms. The maximum absolute atomic E-state index is 11.9. The van der Waals surface area contributed by atoms with Crippen molar-refractivity contribution >= 4 is 17.2 Å². The Labute approximate surface area is 139 Å². The highest BCUT2D eigenvalue weighted by molar-refractivity contribution is 7.07. The molecule has 0 bridgehead atoms. The van der Waals surface area contributed by atoms with Gasteiger partial charge in [-0.3, -0.25) is 9.69 Å². The standard InChI is InChI=1S/C15H21N5O2S/c1-2-14-18-13(19-22-14)8-20-5-3-11(4-6-20)7-16-15(21)12-9-23-10-17-12/h9-11H,2-8H2,1H3,(H,16,21). The fourth-order valence-electron chi connectivity index (χ4n) is 2.70. The van der Waals surface area contributed by atoms with Crippen LogP contribution in [0.2, 0.25) is 0 Å². The quantitative estimate of drug-likeness (QED) is 0.865. The van der Waals surface area contributed by atoms with Crippen molar-refractivity contribution in [1.82, 2.24) is 25.3 Å². The van der Waals surface area contributed by atoms with Crippen LogP contribution in [0.3, 0.4) is 0 Å². The third-order valence-corrected chi connectivity index (χ3v) is 4.69. The maximum atomic E-state index is 11.9. The van der Waals surface area contributed by atoms with Gasteiger partial charge in [0.2, 0.25) is 5.89 Å². The first-order valence-corrected chi connectivity index (χ1v) is 8.89. The zero-order valence-electron chi connectivity index (χ0n) is 13.2. The van der Waals surface area contributed by atoms with Gasteiger partial charge >= 0.3 is 0 Å². The van der Waals surface area contributed by atoms with E-state index in [4.69, 9.17) is 4.52 Å². The molecule has 0 radical (unpaired) electrons. The Kier molecular flexibility index (Phi) is 5.35. The molecule has 0 aromatic carbocycles. The van der Waals surface area contributed by atoms with Crippen molar-refractivity contribution in [3.8, 4) is 0 Å². The van der Waals surface area contributed by atoms with Gasteiger partial charge in [0.05, 0.1) is 12.1 Å². The van der Waals surface area contributed by atoms with Crippen molar-refractivity contribution in [2.45, 2.75) is 32.7 Å². The maximum Gasteiger partial charge on any atom is 0.270 e. The molecule has 0 saturated carbocycles. The summed E-state index contributed by atoms with van der Waals surface area (Å²) in [7, 11) is 0. The molecule has 7 nitrogen and oxygen atoms in total. The number of aryl methyl sites for hydroxylation is 1. The SMILES string of the molecule is CCc1nc(CN2CCC(CNC(=O)c3cscn3)CC2)no1. The lowest BCUT2D eigenvalue weighted by atomic mass is 9.97. The number of amides is 1. The van der Waals surface area contributed by atoms with Gasteiger partial charge in [0.1, 0.15) is 5.69 Å². The van der Waals surface area contributed by atoms with E-state index in [0.29, 0.717) is 24.0 Å². The van der Waals surface area contributed by atoms with Gasteiger partial charge in [0.25, 0.3) is 5.91 Å². The van der Waals surface area contributed by atoms with Gasteiger partial charge in [-0.2, -0.15) is 4.98 Å². The predicted molar refractivity (Wildman–Crippen MR) is 86.1 cm³/mol. The number of nitrogens with one attached hydrogen (secondary N) is 1. The second-order valence-electron chi connectivity index (χ2n) is 5.76. The van der Waals surface area contributed by atoms with E-state index in [1.54, 1.807) is 10.9 Å². The molecule has 124 valence electrons. The van der Waals surface area contributed by atoms with Crippen LogP contribution in [-0.2, 0) is 13.0 Å². The highest BCUT2D eigenvalue weighted by atomic mass is 32.1. The number of hydrogen-bond donors (Lipinski definition) is 1. The number of carbonyl (C=O) groups is 1. The summed E-state index contributed by atoms with van der Waals surface area (Å²) in [5.74, 6) is 1.90. The van der Waals surface area contributed by atoms with Crippen LogP contribution in [-0.4, -0.2) is 45.6 Å². The molecule has 2 aromatic heterocycles. The van der Waals surface area contributed by atoms with E-state index >= 15 is 0 Å².